The zero-order chi connectivity index (χ0) is 18.7. The van der Waals surface area contributed by atoms with Crippen LogP contribution in [0.4, 0.5) is 11.5 Å². The molecule has 0 radical (unpaired) electrons. The summed E-state index contributed by atoms with van der Waals surface area (Å²) in [4.78, 5) is 6.95. The van der Waals surface area contributed by atoms with E-state index in [1.807, 2.05) is 18.2 Å². The fourth-order valence-electron chi connectivity index (χ4n) is 3.12. The van der Waals surface area contributed by atoms with Crippen molar-refractivity contribution in [3.05, 3.63) is 48.2 Å². The number of piperidine rings is 1. The van der Waals surface area contributed by atoms with Gasteiger partial charge in [0.1, 0.15) is 5.82 Å². The molecule has 0 amide bonds. The molecule has 1 aromatic heterocycles. The predicted octanol–water partition coefficient (Wildman–Crippen LogP) is 4.24. The summed E-state index contributed by atoms with van der Waals surface area (Å²) in [7, 11) is -3.60. The largest absolute Gasteiger partial charge is 0.357 e. The summed E-state index contributed by atoms with van der Waals surface area (Å²) in [5, 5.41) is 0. The number of hydrogen-bond donors (Lipinski definition) is 1. The van der Waals surface area contributed by atoms with Gasteiger partial charge in [0.2, 0.25) is 0 Å². The highest BCUT2D eigenvalue weighted by atomic mass is 32.2. The lowest BCUT2D eigenvalue weighted by molar-refractivity contribution is 0.436. The van der Waals surface area contributed by atoms with E-state index >= 15 is 0 Å². The minimum absolute atomic E-state index is 0.260. The molecule has 1 fully saturated rings. The van der Waals surface area contributed by atoms with Crippen LogP contribution in [0.2, 0.25) is 0 Å². The van der Waals surface area contributed by atoms with E-state index in [0.717, 1.165) is 30.4 Å². The molecule has 1 aliphatic heterocycles. The van der Waals surface area contributed by atoms with Gasteiger partial charge in [-0.2, -0.15) is 0 Å². The molecule has 0 spiro atoms. The van der Waals surface area contributed by atoms with Gasteiger partial charge in [-0.3, -0.25) is 4.72 Å². The Labute approximate surface area is 156 Å². The Bertz CT molecular complexity index is 822. The number of benzene rings is 1. The molecule has 0 atom stereocenters. The normalized spacial score (nSPS) is 16.1. The van der Waals surface area contributed by atoms with Gasteiger partial charge in [0.05, 0.1) is 16.8 Å². The maximum absolute atomic E-state index is 12.6. The van der Waals surface area contributed by atoms with Gasteiger partial charge in [0, 0.05) is 13.1 Å². The van der Waals surface area contributed by atoms with Crippen LogP contribution in [-0.2, 0) is 10.0 Å². The van der Waals surface area contributed by atoms with E-state index in [-0.39, 0.29) is 4.90 Å². The molecular formula is C20H27N3O2S. The van der Waals surface area contributed by atoms with Crippen LogP contribution in [0.25, 0.3) is 0 Å². The lowest BCUT2D eigenvalue weighted by Crippen LogP contribution is -2.33. The fourth-order valence-corrected chi connectivity index (χ4v) is 4.16. The third-order valence-electron chi connectivity index (χ3n) is 4.96. The molecule has 6 heteroatoms. The summed E-state index contributed by atoms with van der Waals surface area (Å²) in [6, 6.07) is 10.7. The smallest absolute Gasteiger partial charge is 0.261 e. The predicted molar refractivity (Wildman–Crippen MR) is 106 cm³/mol. The Kier molecular flexibility index (Phi) is 5.51. The first-order valence-electron chi connectivity index (χ1n) is 9.19. The molecule has 2 heterocycles. The van der Waals surface area contributed by atoms with Crippen LogP contribution in [0.1, 0.15) is 45.1 Å². The summed E-state index contributed by atoms with van der Waals surface area (Å²) < 4.78 is 27.7. The minimum Gasteiger partial charge on any atom is -0.357 e. The quantitative estimate of drug-likeness (QED) is 0.851. The van der Waals surface area contributed by atoms with Gasteiger partial charge in [-0.15, -0.1) is 0 Å². The Hall–Kier alpha value is -2.08. The lowest BCUT2D eigenvalue weighted by atomic mass is 9.99. The molecule has 0 unspecified atom stereocenters. The zero-order valence-electron chi connectivity index (χ0n) is 15.6. The van der Waals surface area contributed by atoms with E-state index in [0.29, 0.717) is 11.6 Å². The maximum Gasteiger partial charge on any atom is 0.261 e. The van der Waals surface area contributed by atoms with E-state index in [2.05, 4.69) is 35.4 Å². The molecule has 5 nitrogen and oxygen atoms in total. The van der Waals surface area contributed by atoms with Gasteiger partial charge in [-0.25, -0.2) is 13.4 Å². The Morgan fingerprint density at radius 2 is 1.73 bits per heavy atom. The summed E-state index contributed by atoms with van der Waals surface area (Å²) in [5.41, 5.74) is 1.60. The second kappa shape index (κ2) is 7.66. The van der Waals surface area contributed by atoms with Crippen molar-refractivity contribution in [1.82, 2.24) is 4.98 Å². The number of aromatic nitrogens is 1. The maximum atomic E-state index is 12.6. The van der Waals surface area contributed by atoms with Gasteiger partial charge >= 0.3 is 0 Å². The number of nitrogens with zero attached hydrogens (tertiary/aromatic N) is 2. The number of nitrogens with one attached hydrogen (secondary N) is 1. The van der Waals surface area contributed by atoms with Crippen LogP contribution >= 0.6 is 0 Å². The van der Waals surface area contributed by atoms with Gasteiger partial charge in [0.15, 0.2) is 0 Å². The van der Waals surface area contributed by atoms with Crippen LogP contribution in [0.3, 0.4) is 0 Å². The molecule has 1 N–H and O–H groups in total. The zero-order valence-corrected chi connectivity index (χ0v) is 16.5. The highest BCUT2D eigenvalue weighted by molar-refractivity contribution is 7.92. The SMILES string of the molecule is CC1CCN(c2ccc(NS(=O)(=O)c3ccc(C(C)C)cc3)cn2)CC1. The number of rotatable bonds is 5. The Morgan fingerprint density at radius 1 is 1.08 bits per heavy atom. The molecule has 2 aromatic rings. The summed E-state index contributed by atoms with van der Waals surface area (Å²) in [6.07, 6.45) is 3.93. The summed E-state index contributed by atoms with van der Waals surface area (Å²) >= 11 is 0. The number of hydrogen-bond acceptors (Lipinski definition) is 4. The van der Waals surface area contributed by atoms with Gasteiger partial charge in [0.25, 0.3) is 10.0 Å². The Morgan fingerprint density at radius 3 is 2.27 bits per heavy atom. The molecule has 1 aliphatic rings. The van der Waals surface area contributed by atoms with Crippen molar-refractivity contribution in [1.29, 1.82) is 0 Å². The fraction of sp³-hybridized carbons (Fsp3) is 0.450. The number of pyridine rings is 1. The van der Waals surface area contributed by atoms with Crippen molar-refractivity contribution in [2.24, 2.45) is 5.92 Å². The van der Waals surface area contributed by atoms with Crippen LogP contribution < -0.4 is 9.62 Å². The van der Waals surface area contributed by atoms with Gasteiger partial charge < -0.3 is 4.90 Å². The van der Waals surface area contributed by atoms with Crippen molar-refractivity contribution in [2.45, 2.75) is 44.4 Å². The monoisotopic (exact) mass is 373 g/mol. The first kappa shape index (κ1) is 18.7. The van der Waals surface area contributed by atoms with Crippen molar-refractivity contribution in [2.75, 3.05) is 22.7 Å². The summed E-state index contributed by atoms with van der Waals surface area (Å²) in [5.74, 6) is 2.04. The van der Waals surface area contributed by atoms with Crippen molar-refractivity contribution < 1.29 is 8.42 Å². The molecule has 26 heavy (non-hydrogen) atoms. The second-order valence-electron chi connectivity index (χ2n) is 7.40. The Balaban J connectivity index is 1.69. The third kappa shape index (κ3) is 4.36. The first-order chi connectivity index (χ1) is 12.3. The molecule has 3 rings (SSSR count). The summed E-state index contributed by atoms with van der Waals surface area (Å²) in [6.45, 7) is 8.44. The lowest BCUT2D eigenvalue weighted by Gasteiger charge is -2.31. The van der Waals surface area contributed by atoms with E-state index in [1.165, 1.54) is 12.8 Å². The highest BCUT2D eigenvalue weighted by Crippen LogP contribution is 2.23. The van der Waals surface area contributed by atoms with E-state index < -0.39 is 10.0 Å². The molecular weight excluding hydrogens is 346 g/mol. The average Bonchev–Trinajstić information content (AvgIpc) is 2.63. The van der Waals surface area contributed by atoms with E-state index in [4.69, 9.17) is 0 Å². The number of sulfonamides is 1. The van der Waals surface area contributed by atoms with Crippen LogP contribution in [-0.4, -0.2) is 26.5 Å². The minimum atomic E-state index is -3.60. The van der Waals surface area contributed by atoms with Gasteiger partial charge in [-0.1, -0.05) is 32.9 Å². The highest BCUT2D eigenvalue weighted by Gasteiger charge is 2.18. The number of anilines is 2. The molecule has 1 saturated heterocycles. The third-order valence-corrected chi connectivity index (χ3v) is 6.36. The average molecular weight is 374 g/mol. The molecule has 0 bridgehead atoms. The van der Waals surface area contributed by atoms with Crippen LogP contribution in [0.15, 0.2) is 47.5 Å². The van der Waals surface area contributed by atoms with Crippen molar-refractivity contribution in [3.63, 3.8) is 0 Å². The van der Waals surface area contributed by atoms with Crippen LogP contribution in [0.5, 0.6) is 0 Å². The standard InChI is InChI=1S/C20H27N3O2S/c1-15(2)17-4-7-19(8-5-17)26(24,25)22-18-6-9-20(21-14-18)23-12-10-16(3)11-13-23/h4-9,14-16,22H,10-13H2,1-3H3. The topological polar surface area (TPSA) is 62.3 Å². The molecule has 1 aromatic carbocycles. The molecule has 0 saturated carbocycles. The molecule has 140 valence electrons. The van der Waals surface area contributed by atoms with E-state index in [9.17, 15) is 8.42 Å². The van der Waals surface area contributed by atoms with Crippen molar-refractivity contribution >= 4 is 21.5 Å². The first-order valence-corrected chi connectivity index (χ1v) is 10.7. The molecule has 0 aliphatic carbocycles. The second-order valence-corrected chi connectivity index (χ2v) is 9.09. The van der Waals surface area contributed by atoms with Crippen molar-refractivity contribution in [3.8, 4) is 0 Å². The van der Waals surface area contributed by atoms with Crippen LogP contribution in [0, 0.1) is 5.92 Å². The van der Waals surface area contributed by atoms with Gasteiger partial charge in [-0.05, 0) is 54.5 Å². The van der Waals surface area contributed by atoms with E-state index in [1.54, 1.807) is 24.4 Å².